The maximum atomic E-state index is 12.1. The average molecular weight is 235 g/mol. The molecule has 1 aromatic rings. The molecule has 0 atom stereocenters. The fourth-order valence-corrected chi connectivity index (χ4v) is 2.57. The van der Waals surface area contributed by atoms with Gasteiger partial charge in [-0.2, -0.15) is 5.10 Å². The first kappa shape index (κ1) is 12.1. The molecule has 1 aliphatic carbocycles. The summed E-state index contributed by atoms with van der Waals surface area (Å²) in [6.45, 7) is 4.31. The Morgan fingerprint density at radius 1 is 1.47 bits per heavy atom. The molecule has 0 spiro atoms. The van der Waals surface area contributed by atoms with Crippen molar-refractivity contribution in [2.45, 2.75) is 52.1 Å². The molecule has 0 saturated heterocycles. The van der Waals surface area contributed by atoms with Crippen LogP contribution in [0.1, 0.15) is 37.1 Å². The molecule has 2 rings (SSSR count). The van der Waals surface area contributed by atoms with E-state index in [9.17, 15) is 4.79 Å². The Bertz CT molecular complexity index is 405. The van der Waals surface area contributed by atoms with Crippen molar-refractivity contribution in [3.05, 3.63) is 17.5 Å². The number of likely N-dealkylation sites (N-methyl/N-ethyl adjacent to an activating group) is 1. The lowest BCUT2D eigenvalue weighted by atomic mass is 10.2. The van der Waals surface area contributed by atoms with Crippen molar-refractivity contribution in [2.24, 2.45) is 0 Å². The van der Waals surface area contributed by atoms with Crippen LogP contribution in [0, 0.1) is 13.8 Å². The van der Waals surface area contributed by atoms with Gasteiger partial charge >= 0.3 is 0 Å². The predicted octanol–water partition coefficient (Wildman–Crippen LogP) is 1.90. The minimum Gasteiger partial charge on any atom is -0.341 e. The molecule has 0 radical (unpaired) electrons. The topological polar surface area (TPSA) is 38.1 Å². The number of amides is 1. The molecule has 4 heteroatoms. The molecule has 0 unspecified atom stereocenters. The third kappa shape index (κ3) is 2.68. The van der Waals surface area contributed by atoms with Gasteiger partial charge in [0.25, 0.3) is 0 Å². The molecule has 0 aliphatic heterocycles. The van der Waals surface area contributed by atoms with Gasteiger partial charge in [-0.3, -0.25) is 9.48 Å². The van der Waals surface area contributed by atoms with Crippen LogP contribution in [0.25, 0.3) is 0 Å². The first-order chi connectivity index (χ1) is 8.08. The third-order valence-corrected chi connectivity index (χ3v) is 3.65. The van der Waals surface area contributed by atoms with Crippen LogP contribution in [-0.2, 0) is 11.3 Å². The first-order valence-corrected chi connectivity index (χ1v) is 6.34. The lowest BCUT2D eigenvalue weighted by Crippen LogP contribution is -2.37. The minimum absolute atomic E-state index is 0.170. The number of hydrogen-bond acceptors (Lipinski definition) is 2. The largest absolute Gasteiger partial charge is 0.341 e. The van der Waals surface area contributed by atoms with Gasteiger partial charge in [-0.05, 0) is 32.8 Å². The Hall–Kier alpha value is -1.32. The van der Waals surface area contributed by atoms with Crippen molar-refractivity contribution in [1.82, 2.24) is 14.7 Å². The molecule has 4 nitrogen and oxygen atoms in total. The third-order valence-electron chi connectivity index (χ3n) is 3.65. The number of aryl methyl sites for hydroxylation is 2. The van der Waals surface area contributed by atoms with Gasteiger partial charge in [0.15, 0.2) is 0 Å². The second-order valence-electron chi connectivity index (χ2n) is 5.03. The molecule has 1 saturated carbocycles. The summed E-state index contributed by atoms with van der Waals surface area (Å²) >= 11 is 0. The van der Waals surface area contributed by atoms with Crippen LogP contribution in [-0.4, -0.2) is 33.7 Å². The standard InChI is InChI=1S/C13H21N3O/c1-10-8-11(2)16(14-10)9-13(17)15(3)12-6-4-5-7-12/h8,12H,4-7,9H2,1-3H3. The molecule has 17 heavy (non-hydrogen) atoms. The highest BCUT2D eigenvalue weighted by molar-refractivity contribution is 5.76. The van der Waals surface area contributed by atoms with Gasteiger partial charge in [0, 0.05) is 18.8 Å². The van der Waals surface area contributed by atoms with Crippen LogP contribution in [0.3, 0.4) is 0 Å². The van der Waals surface area contributed by atoms with Crippen LogP contribution in [0.5, 0.6) is 0 Å². The lowest BCUT2D eigenvalue weighted by Gasteiger charge is -2.24. The van der Waals surface area contributed by atoms with Gasteiger partial charge in [0.05, 0.1) is 5.69 Å². The van der Waals surface area contributed by atoms with E-state index in [2.05, 4.69) is 5.10 Å². The van der Waals surface area contributed by atoms with Crippen molar-refractivity contribution in [1.29, 1.82) is 0 Å². The van der Waals surface area contributed by atoms with Gasteiger partial charge in [0.1, 0.15) is 6.54 Å². The van der Waals surface area contributed by atoms with E-state index in [-0.39, 0.29) is 5.91 Å². The van der Waals surface area contributed by atoms with Crippen molar-refractivity contribution < 1.29 is 4.79 Å². The van der Waals surface area contributed by atoms with Crippen LogP contribution in [0.2, 0.25) is 0 Å². The Balaban J connectivity index is 1.98. The molecule has 0 aromatic carbocycles. The summed E-state index contributed by atoms with van der Waals surface area (Å²) in [6.07, 6.45) is 4.81. The summed E-state index contributed by atoms with van der Waals surface area (Å²) in [5.74, 6) is 0.170. The van der Waals surface area contributed by atoms with E-state index in [1.54, 1.807) is 4.68 Å². The number of carbonyl (C=O) groups is 1. The zero-order valence-electron chi connectivity index (χ0n) is 10.9. The highest BCUT2D eigenvalue weighted by Gasteiger charge is 2.23. The van der Waals surface area contributed by atoms with Crippen LogP contribution < -0.4 is 0 Å². The van der Waals surface area contributed by atoms with E-state index >= 15 is 0 Å². The quantitative estimate of drug-likeness (QED) is 0.802. The highest BCUT2D eigenvalue weighted by atomic mass is 16.2. The number of rotatable bonds is 3. The van der Waals surface area contributed by atoms with Crippen molar-refractivity contribution >= 4 is 5.91 Å². The zero-order chi connectivity index (χ0) is 12.4. The Kier molecular flexibility index (Phi) is 3.50. The van der Waals surface area contributed by atoms with E-state index in [0.29, 0.717) is 12.6 Å². The summed E-state index contributed by atoms with van der Waals surface area (Å²) < 4.78 is 1.79. The lowest BCUT2D eigenvalue weighted by molar-refractivity contribution is -0.132. The molecular weight excluding hydrogens is 214 g/mol. The molecule has 94 valence electrons. The SMILES string of the molecule is Cc1cc(C)n(CC(=O)N(C)C2CCCC2)n1. The van der Waals surface area contributed by atoms with E-state index in [0.717, 1.165) is 24.2 Å². The Morgan fingerprint density at radius 3 is 2.65 bits per heavy atom. The normalized spacial score (nSPS) is 16.4. The number of nitrogens with zero attached hydrogens (tertiary/aromatic N) is 3. The van der Waals surface area contributed by atoms with E-state index < -0.39 is 0 Å². The monoisotopic (exact) mass is 235 g/mol. The van der Waals surface area contributed by atoms with Crippen molar-refractivity contribution in [2.75, 3.05) is 7.05 Å². The van der Waals surface area contributed by atoms with E-state index in [4.69, 9.17) is 0 Å². The maximum absolute atomic E-state index is 12.1. The highest BCUT2D eigenvalue weighted by Crippen LogP contribution is 2.22. The van der Waals surface area contributed by atoms with Gasteiger partial charge < -0.3 is 4.90 Å². The molecule has 0 bridgehead atoms. The second-order valence-corrected chi connectivity index (χ2v) is 5.03. The molecule has 1 fully saturated rings. The molecule has 1 aromatic heterocycles. The first-order valence-electron chi connectivity index (χ1n) is 6.34. The zero-order valence-corrected chi connectivity index (χ0v) is 10.9. The summed E-state index contributed by atoms with van der Waals surface area (Å²) in [6, 6.07) is 2.45. The fraction of sp³-hybridized carbons (Fsp3) is 0.692. The molecule has 0 N–H and O–H groups in total. The van der Waals surface area contributed by atoms with Crippen LogP contribution >= 0.6 is 0 Å². The maximum Gasteiger partial charge on any atom is 0.244 e. The number of carbonyl (C=O) groups excluding carboxylic acids is 1. The second kappa shape index (κ2) is 4.90. The van der Waals surface area contributed by atoms with E-state index in [1.165, 1.54) is 12.8 Å². The summed E-state index contributed by atoms with van der Waals surface area (Å²) in [7, 11) is 1.92. The number of aromatic nitrogens is 2. The Labute approximate surface area is 103 Å². The van der Waals surface area contributed by atoms with Gasteiger partial charge in [0.2, 0.25) is 5.91 Å². The molecule has 1 heterocycles. The fourth-order valence-electron chi connectivity index (χ4n) is 2.57. The van der Waals surface area contributed by atoms with Crippen molar-refractivity contribution in [3.63, 3.8) is 0 Å². The van der Waals surface area contributed by atoms with Crippen molar-refractivity contribution in [3.8, 4) is 0 Å². The van der Waals surface area contributed by atoms with E-state index in [1.807, 2.05) is 31.9 Å². The van der Waals surface area contributed by atoms with Crippen LogP contribution in [0.4, 0.5) is 0 Å². The van der Waals surface area contributed by atoms with Gasteiger partial charge in [-0.1, -0.05) is 12.8 Å². The summed E-state index contributed by atoms with van der Waals surface area (Å²) in [5, 5.41) is 4.33. The molecule has 1 aliphatic rings. The Morgan fingerprint density at radius 2 is 2.12 bits per heavy atom. The summed E-state index contributed by atoms with van der Waals surface area (Å²) in [4.78, 5) is 14.0. The minimum atomic E-state index is 0.170. The van der Waals surface area contributed by atoms with Crippen LogP contribution in [0.15, 0.2) is 6.07 Å². The smallest absolute Gasteiger partial charge is 0.244 e. The average Bonchev–Trinajstić information content (AvgIpc) is 2.88. The van der Waals surface area contributed by atoms with Gasteiger partial charge in [-0.25, -0.2) is 0 Å². The molecule has 1 amide bonds. The predicted molar refractivity (Wildman–Crippen MR) is 66.7 cm³/mol. The summed E-state index contributed by atoms with van der Waals surface area (Å²) in [5.41, 5.74) is 2.02. The number of hydrogen-bond donors (Lipinski definition) is 0. The van der Waals surface area contributed by atoms with Gasteiger partial charge in [-0.15, -0.1) is 0 Å². The molecular formula is C13H21N3O.